The minimum absolute atomic E-state index is 0.0142. The Hall–Kier alpha value is -1.60. The number of alkyl halides is 1. The van der Waals surface area contributed by atoms with Crippen LogP contribution in [0.1, 0.15) is 24.8 Å². The highest BCUT2D eigenvalue weighted by Crippen LogP contribution is 2.15. The highest BCUT2D eigenvalue weighted by atomic mass is 79.9. The summed E-state index contributed by atoms with van der Waals surface area (Å²) in [5, 5.41) is 15.4. The summed E-state index contributed by atoms with van der Waals surface area (Å²) in [6.07, 6.45) is 1.20. The van der Waals surface area contributed by atoms with E-state index in [1.807, 2.05) is 30.3 Å². The highest BCUT2D eigenvalue weighted by molar-refractivity contribution is 9.09. The molecule has 1 aromatic rings. The normalized spacial score (nSPS) is 20.7. The summed E-state index contributed by atoms with van der Waals surface area (Å²) >= 11 is 3.35. The van der Waals surface area contributed by atoms with Crippen molar-refractivity contribution in [1.82, 2.24) is 15.5 Å². The van der Waals surface area contributed by atoms with Gasteiger partial charge in [-0.15, -0.1) is 0 Å². The predicted octanol–water partition coefficient (Wildman–Crippen LogP) is 2.19. The molecule has 6 nitrogen and oxygen atoms in total. The van der Waals surface area contributed by atoms with Crippen LogP contribution in [0, 0.1) is 0 Å². The fourth-order valence-electron chi connectivity index (χ4n) is 2.97. The topological polar surface area (TPSA) is 81.7 Å². The first kappa shape index (κ1) is 18.7. The molecule has 2 rings (SSSR count). The lowest BCUT2D eigenvalue weighted by Gasteiger charge is -2.19. The summed E-state index contributed by atoms with van der Waals surface area (Å²) in [5.41, 5.74) is 1.18. The summed E-state index contributed by atoms with van der Waals surface area (Å²) in [7, 11) is 0. The standard InChI is InChI=1S/C17H24BrN3O3/c18-9-5-4-8-16(22)19-14-11-21(12-15(14)20-17(23)24)10-13-6-2-1-3-7-13/h1-3,6-7,14-15,20H,4-5,8-12H2,(H,19,22)(H,23,24)/t14-,15+/m1/s1. The van der Waals surface area contributed by atoms with Crippen LogP contribution in [0.5, 0.6) is 0 Å². The van der Waals surface area contributed by atoms with Crippen molar-refractivity contribution < 1.29 is 14.7 Å². The molecule has 1 heterocycles. The molecular weight excluding hydrogens is 374 g/mol. The lowest BCUT2D eigenvalue weighted by atomic mass is 10.1. The van der Waals surface area contributed by atoms with Crippen LogP contribution in [0.2, 0.25) is 0 Å². The summed E-state index contributed by atoms with van der Waals surface area (Å²) in [5.74, 6) is -0.0142. The Morgan fingerprint density at radius 1 is 1.12 bits per heavy atom. The maximum Gasteiger partial charge on any atom is 0.404 e. The van der Waals surface area contributed by atoms with E-state index in [4.69, 9.17) is 5.11 Å². The highest BCUT2D eigenvalue weighted by Gasteiger charge is 2.34. The molecule has 0 aromatic heterocycles. The van der Waals surface area contributed by atoms with Crippen LogP contribution in [0.4, 0.5) is 4.79 Å². The van der Waals surface area contributed by atoms with E-state index in [0.29, 0.717) is 19.5 Å². The number of rotatable bonds is 8. The first-order valence-electron chi connectivity index (χ1n) is 8.19. The van der Waals surface area contributed by atoms with Crippen molar-refractivity contribution >= 4 is 27.9 Å². The molecule has 1 saturated heterocycles. The number of hydrogen-bond acceptors (Lipinski definition) is 3. The van der Waals surface area contributed by atoms with E-state index in [2.05, 4.69) is 31.5 Å². The number of likely N-dealkylation sites (tertiary alicyclic amines) is 1. The van der Waals surface area contributed by atoms with Crippen molar-refractivity contribution in [2.45, 2.75) is 37.9 Å². The number of benzene rings is 1. The van der Waals surface area contributed by atoms with Gasteiger partial charge in [0, 0.05) is 31.4 Å². The van der Waals surface area contributed by atoms with E-state index in [-0.39, 0.29) is 18.0 Å². The molecule has 24 heavy (non-hydrogen) atoms. The van der Waals surface area contributed by atoms with Crippen LogP contribution in [0.25, 0.3) is 0 Å². The quantitative estimate of drug-likeness (QED) is 0.463. The summed E-state index contributed by atoms with van der Waals surface area (Å²) < 4.78 is 0. The third-order valence-corrected chi connectivity index (χ3v) is 4.65. The largest absolute Gasteiger partial charge is 0.465 e. The predicted molar refractivity (Wildman–Crippen MR) is 96.2 cm³/mol. The molecule has 0 bridgehead atoms. The van der Waals surface area contributed by atoms with E-state index < -0.39 is 6.09 Å². The SMILES string of the molecule is O=C(O)N[C@H]1CN(Cc2ccccc2)C[C@H]1NC(=O)CCCCBr. The Morgan fingerprint density at radius 3 is 2.42 bits per heavy atom. The number of hydrogen-bond donors (Lipinski definition) is 3. The fraction of sp³-hybridized carbons (Fsp3) is 0.529. The number of nitrogens with one attached hydrogen (secondary N) is 2. The Labute approximate surface area is 150 Å². The zero-order chi connectivity index (χ0) is 17.4. The van der Waals surface area contributed by atoms with Crippen molar-refractivity contribution in [2.75, 3.05) is 18.4 Å². The molecule has 1 aliphatic heterocycles. The summed E-state index contributed by atoms with van der Waals surface area (Å²) in [6, 6.07) is 9.56. The maximum absolute atomic E-state index is 12.1. The van der Waals surface area contributed by atoms with Crippen molar-refractivity contribution in [3.8, 4) is 0 Å². The molecular formula is C17H24BrN3O3. The summed E-state index contributed by atoms with van der Waals surface area (Å²) in [6.45, 7) is 1.98. The monoisotopic (exact) mass is 397 g/mol. The molecule has 0 spiro atoms. The van der Waals surface area contributed by atoms with E-state index in [9.17, 15) is 9.59 Å². The Kier molecular flexibility index (Phi) is 7.52. The number of carbonyl (C=O) groups excluding carboxylic acids is 1. The Morgan fingerprint density at radius 2 is 1.79 bits per heavy atom. The number of carbonyl (C=O) groups is 2. The van der Waals surface area contributed by atoms with Crippen LogP contribution in [0.15, 0.2) is 30.3 Å². The van der Waals surface area contributed by atoms with Gasteiger partial charge in [0.25, 0.3) is 0 Å². The number of halogens is 1. The molecule has 7 heteroatoms. The van der Waals surface area contributed by atoms with Crippen LogP contribution in [-0.4, -0.2) is 52.5 Å². The second-order valence-corrected chi connectivity index (χ2v) is 6.85. The zero-order valence-electron chi connectivity index (χ0n) is 13.6. The third-order valence-electron chi connectivity index (χ3n) is 4.09. The van der Waals surface area contributed by atoms with Gasteiger partial charge in [0.2, 0.25) is 5.91 Å². The van der Waals surface area contributed by atoms with Crippen LogP contribution in [-0.2, 0) is 11.3 Å². The fourth-order valence-corrected chi connectivity index (χ4v) is 3.36. The summed E-state index contributed by atoms with van der Waals surface area (Å²) in [4.78, 5) is 25.2. The van der Waals surface area contributed by atoms with Gasteiger partial charge in [-0.3, -0.25) is 9.69 Å². The van der Waals surface area contributed by atoms with Gasteiger partial charge in [0.15, 0.2) is 0 Å². The average molecular weight is 398 g/mol. The van der Waals surface area contributed by atoms with Gasteiger partial charge in [-0.25, -0.2) is 4.79 Å². The minimum Gasteiger partial charge on any atom is -0.465 e. The molecule has 1 aliphatic rings. The third kappa shape index (κ3) is 6.13. The lowest BCUT2D eigenvalue weighted by molar-refractivity contribution is -0.121. The van der Waals surface area contributed by atoms with Gasteiger partial charge >= 0.3 is 6.09 Å². The average Bonchev–Trinajstić information content (AvgIpc) is 2.89. The smallest absolute Gasteiger partial charge is 0.404 e. The van der Waals surface area contributed by atoms with E-state index in [0.717, 1.165) is 24.7 Å². The molecule has 0 aliphatic carbocycles. The molecule has 0 radical (unpaired) electrons. The molecule has 0 saturated carbocycles. The number of carboxylic acid groups (broad SMARTS) is 1. The maximum atomic E-state index is 12.1. The van der Waals surface area contributed by atoms with Gasteiger partial charge in [-0.2, -0.15) is 0 Å². The van der Waals surface area contributed by atoms with Crippen molar-refractivity contribution in [1.29, 1.82) is 0 Å². The molecule has 2 amide bonds. The zero-order valence-corrected chi connectivity index (χ0v) is 15.2. The number of amides is 2. The second kappa shape index (κ2) is 9.64. The van der Waals surface area contributed by atoms with Crippen molar-refractivity contribution in [2.24, 2.45) is 0 Å². The van der Waals surface area contributed by atoms with Crippen LogP contribution < -0.4 is 10.6 Å². The molecule has 0 unspecified atom stereocenters. The first-order valence-corrected chi connectivity index (χ1v) is 9.31. The van der Waals surface area contributed by atoms with E-state index in [1.165, 1.54) is 5.56 Å². The van der Waals surface area contributed by atoms with Gasteiger partial charge in [-0.05, 0) is 18.4 Å². The van der Waals surface area contributed by atoms with Crippen LogP contribution in [0.3, 0.4) is 0 Å². The number of nitrogens with zero attached hydrogens (tertiary/aromatic N) is 1. The van der Waals surface area contributed by atoms with Crippen molar-refractivity contribution in [3.05, 3.63) is 35.9 Å². The van der Waals surface area contributed by atoms with E-state index >= 15 is 0 Å². The van der Waals surface area contributed by atoms with Crippen LogP contribution >= 0.6 is 15.9 Å². The molecule has 132 valence electrons. The van der Waals surface area contributed by atoms with Gasteiger partial charge in [-0.1, -0.05) is 46.3 Å². The van der Waals surface area contributed by atoms with Gasteiger partial charge in [0.1, 0.15) is 0 Å². The Balaban J connectivity index is 1.91. The van der Waals surface area contributed by atoms with Crippen molar-refractivity contribution in [3.63, 3.8) is 0 Å². The molecule has 1 aromatic carbocycles. The number of unbranched alkanes of at least 4 members (excludes halogenated alkanes) is 1. The molecule has 2 atom stereocenters. The second-order valence-electron chi connectivity index (χ2n) is 6.06. The first-order chi connectivity index (χ1) is 11.6. The Bertz CT molecular complexity index is 541. The molecule has 3 N–H and O–H groups in total. The van der Waals surface area contributed by atoms with E-state index in [1.54, 1.807) is 0 Å². The molecule has 1 fully saturated rings. The minimum atomic E-state index is -1.06. The van der Waals surface area contributed by atoms with Gasteiger partial charge in [0.05, 0.1) is 12.1 Å². The van der Waals surface area contributed by atoms with Gasteiger partial charge < -0.3 is 15.7 Å². The lowest BCUT2D eigenvalue weighted by Crippen LogP contribution is -2.50.